The first kappa shape index (κ1) is 17.9. The molecule has 28 heavy (non-hydrogen) atoms. The first-order valence-corrected chi connectivity index (χ1v) is 8.66. The zero-order valence-corrected chi connectivity index (χ0v) is 14.9. The SMILES string of the molecule is Cc1ccc2oc3c(c(=O)c2c1)C(c1ccc([N+](=O)[O-])cc1)N(CCO)C3=O. The van der Waals surface area contributed by atoms with Gasteiger partial charge in [-0.25, -0.2) is 0 Å². The Kier molecular flexibility index (Phi) is 4.20. The number of nitro benzene ring substituents is 1. The molecular weight excluding hydrogens is 364 g/mol. The van der Waals surface area contributed by atoms with Gasteiger partial charge in [-0.2, -0.15) is 0 Å². The number of carbonyl (C=O) groups excluding carboxylic acids is 1. The van der Waals surface area contributed by atoms with Crippen molar-refractivity contribution in [3.63, 3.8) is 0 Å². The van der Waals surface area contributed by atoms with Gasteiger partial charge in [0.05, 0.1) is 28.5 Å². The van der Waals surface area contributed by atoms with Crippen LogP contribution in [0.5, 0.6) is 0 Å². The number of hydrogen-bond donors (Lipinski definition) is 1. The van der Waals surface area contributed by atoms with E-state index in [1.807, 2.05) is 6.92 Å². The number of nitrogens with zero attached hydrogens (tertiary/aromatic N) is 2. The monoisotopic (exact) mass is 380 g/mol. The number of aliphatic hydroxyl groups excluding tert-OH is 1. The van der Waals surface area contributed by atoms with Crippen molar-refractivity contribution in [3.05, 3.63) is 85.3 Å². The standard InChI is InChI=1S/C20H16N2O6/c1-11-2-7-15-14(10-11)18(24)16-17(12-3-5-13(6-4-12)22(26)27)21(8-9-23)20(25)19(16)28-15/h2-7,10,17,23H,8-9H2,1H3. The van der Waals surface area contributed by atoms with Crippen molar-refractivity contribution in [1.82, 2.24) is 4.90 Å². The van der Waals surface area contributed by atoms with Crippen molar-refractivity contribution in [2.24, 2.45) is 0 Å². The molecule has 142 valence electrons. The number of amides is 1. The van der Waals surface area contributed by atoms with Crippen LogP contribution >= 0.6 is 0 Å². The number of aryl methyl sites for hydroxylation is 1. The molecule has 0 spiro atoms. The van der Waals surface area contributed by atoms with Gasteiger partial charge in [-0.15, -0.1) is 0 Å². The molecule has 1 aliphatic heterocycles. The summed E-state index contributed by atoms with van der Waals surface area (Å²) in [6.45, 7) is 1.55. The minimum absolute atomic E-state index is 0.000495. The summed E-state index contributed by atoms with van der Waals surface area (Å²) < 4.78 is 5.76. The average Bonchev–Trinajstić information content (AvgIpc) is 2.95. The lowest BCUT2D eigenvalue weighted by molar-refractivity contribution is -0.384. The number of hydrogen-bond acceptors (Lipinski definition) is 6. The number of nitro groups is 1. The second kappa shape index (κ2) is 6.58. The zero-order valence-electron chi connectivity index (χ0n) is 14.9. The highest BCUT2D eigenvalue weighted by Gasteiger charge is 2.42. The van der Waals surface area contributed by atoms with Gasteiger partial charge in [0, 0.05) is 18.7 Å². The molecule has 0 radical (unpaired) electrons. The summed E-state index contributed by atoms with van der Waals surface area (Å²) in [7, 11) is 0. The predicted molar refractivity (Wildman–Crippen MR) is 100 cm³/mol. The van der Waals surface area contributed by atoms with E-state index in [2.05, 4.69) is 0 Å². The Hall–Kier alpha value is -3.52. The van der Waals surface area contributed by atoms with Crippen LogP contribution in [0.15, 0.2) is 51.7 Å². The maximum absolute atomic E-state index is 13.2. The quantitative estimate of drug-likeness (QED) is 0.550. The highest BCUT2D eigenvalue weighted by atomic mass is 16.6. The van der Waals surface area contributed by atoms with Crippen LogP contribution in [0.25, 0.3) is 11.0 Å². The topological polar surface area (TPSA) is 114 Å². The first-order chi connectivity index (χ1) is 13.4. The number of rotatable bonds is 4. The van der Waals surface area contributed by atoms with Crippen LogP contribution in [-0.2, 0) is 0 Å². The van der Waals surface area contributed by atoms with Crippen molar-refractivity contribution in [2.75, 3.05) is 13.2 Å². The second-order valence-corrected chi connectivity index (χ2v) is 6.65. The van der Waals surface area contributed by atoms with Gasteiger partial charge < -0.3 is 14.4 Å². The minimum atomic E-state index is -0.781. The molecular formula is C20H16N2O6. The summed E-state index contributed by atoms with van der Waals surface area (Å²) in [5.41, 5.74) is 1.50. The number of β-amino-alcohol motifs (C(OH)–C–C–N with tert-alkyl or cyclic N) is 1. The highest BCUT2D eigenvalue weighted by molar-refractivity contribution is 5.99. The fourth-order valence-electron chi connectivity index (χ4n) is 3.60. The lowest BCUT2D eigenvalue weighted by Crippen LogP contribution is -2.32. The molecule has 0 saturated heterocycles. The molecule has 1 aromatic heterocycles. The minimum Gasteiger partial charge on any atom is -0.450 e. The van der Waals surface area contributed by atoms with Gasteiger partial charge >= 0.3 is 0 Å². The van der Waals surface area contributed by atoms with Crippen LogP contribution < -0.4 is 5.43 Å². The molecule has 2 aromatic carbocycles. The Morgan fingerprint density at radius 3 is 2.54 bits per heavy atom. The van der Waals surface area contributed by atoms with Crippen LogP contribution in [0.1, 0.15) is 33.3 Å². The van der Waals surface area contributed by atoms with Crippen LogP contribution in [0.4, 0.5) is 5.69 Å². The van der Waals surface area contributed by atoms with Crippen molar-refractivity contribution in [1.29, 1.82) is 0 Å². The maximum atomic E-state index is 13.2. The Morgan fingerprint density at radius 1 is 1.18 bits per heavy atom. The van der Waals surface area contributed by atoms with Crippen molar-refractivity contribution in [2.45, 2.75) is 13.0 Å². The normalized spacial score (nSPS) is 15.9. The smallest absolute Gasteiger partial charge is 0.290 e. The van der Waals surface area contributed by atoms with Crippen LogP contribution in [0.3, 0.4) is 0 Å². The summed E-state index contributed by atoms with van der Waals surface area (Å²) in [5.74, 6) is -0.551. The fourth-order valence-corrected chi connectivity index (χ4v) is 3.60. The molecule has 3 aromatic rings. The summed E-state index contributed by atoms with van der Waals surface area (Å²) in [4.78, 5) is 37.9. The van der Waals surface area contributed by atoms with Gasteiger partial charge in [-0.3, -0.25) is 19.7 Å². The number of aliphatic hydroxyl groups is 1. The van der Waals surface area contributed by atoms with E-state index in [-0.39, 0.29) is 35.6 Å². The van der Waals surface area contributed by atoms with Crippen molar-refractivity contribution >= 4 is 22.6 Å². The lowest BCUT2D eigenvalue weighted by atomic mass is 9.98. The zero-order chi connectivity index (χ0) is 20.0. The molecule has 4 rings (SSSR count). The van der Waals surface area contributed by atoms with E-state index in [0.717, 1.165) is 5.56 Å². The second-order valence-electron chi connectivity index (χ2n) is 6.65. The van der Waals surface area contributed by atoms with E-state index in [0.29, 0.717) is 16.5 Å². The molecule has 0 fully saturated rings. The average molecular weight is 380 g/mol. The van der Waals surface area contributed by atoms with E-state index >= 15 is 0 Å². The number of benzene rings is 2. The molecule has 1 atom stereocenters. The third-order valence-corrected chi connectivity index (χ3v) is 4.88. The van der Waals surface area contributed by atoms with Gasteiger partial charge in [0.1, 0.15) is 5.58 Å². The van der Waals surface area contributed by atoms with E-state index in [9.17, 15) is 24.8 Å². The molecule has 1 aliphatic rings. The third kappa shape index (κ3) is 2.66. The van der Waals surface area contributed by atoms with Gasteiger partial charge in [0.2, 0.25) is 5.76 Å². The largest absolute Gasteiger partial charge is 0.450 e. The number of non-ortho nitro benzene ring substituents is 1. The fraction of sp³-hybridized carbons (Fsp3) is 0.200. The number of fused-ring (bicyclic) bond motifs is 2. The highest BCUT2D eigenvalue weighted by Crippen LogP contribution is 2.38. The molecule has 1 N–H and O–H groups in total. The lowest BCUT2D eigenvalue weighted by Gasteiger charge is -2.24. The Morgan fingerprint density at radius 2 is 1.89 bits per heavy atom. The van der Waals surface area contributed by atoms with E-state index < -0.39 is 16.9 Å². The summed E-state index contributed by atoms with van der Waals surface area (Å²) in [6.07, 6.45) is 0. The Bertz CT molecular complexity index is 1170. The Balaban J connectivity index is 1.96. The maximum Gasteiger partial charge on any atom is 0.290 e. The van der Waals surface area contributed by atoms with E-state index in [1.54, 1.807) is 18.2 Å². The number of carbonyl (C=O) groups is 1. The third-order valence-electron chi connectivity index (χ3n) is 4.88. The van der Waals surface area contributed by atoms with Crippen molar-refractivity contribution < 1.29 is 19.2 Å². The summed E-state index contributed by atoms with van der Waals surface area (Å²) >= 11 is 0. The van der Waals surface area contributed by atoms with Gasteiger partial charge in [-0.1, -0.05) is 11.6 Å². The van der Waals surface area contributed by atoms with Crippen molar-refractivity contribution in [3.8, 4) is 0 Å². The summed E-state index contributed by atoms with van der Waals surface area (Å²) in [6, 6.07) is 10.0. The molecule has 0 aliphatic carbocycles. The molecule has 1 unspecified atom stereocenters. The van der Waals surface area contributed by atoms with Crippen LogP contribution in [-0.4, -0.2) is 34.0 Å². The van der Waals surface area contributed by atoms with Gasteiger partial charge in [-0.05, 0) is 36.8 Å². The molecule has 2 heterocycles. The van der Waals surface area contributed by atoms with E-state index in [4.69, 9.17) is 4.42 Å². The molecule has 1 amide bonds. The summed E-state index contributed by atoms with van der Waals surface area (Å²) in [5, 5.41) is 20.7. The van der Waals surface area contributed by atoms with Gasteiger partial charge in [0.25, 0.3) is 11.6 Å². The molecule has 0 saturated carbocycles. The molecule has 8 nitrogen and oxygen atoms in total. The van der Waals surface area contributed by atoms with E-state index in [1.165, 1.54) is 29.2 Å². The van der Waals surface area contributed by atoms with Crippen LogP contribution in [0, 0.1) is 17.0 Å². The first-order valence-electron chi connectivity index (χ1n) is 8.66. The molecule has 0 bridgehead atoms. The van der Waals surface area contributed by atoms with Crippen LogP contribution in [0.2, 0.25) is 0 Å². The molecule has 8 heteroatoms. The predicted octanol–water partition coefficient (Wildman–Crippen LogP) is 2.55. The Labute approximate surface area is 158 Å². The van der Waals surface area contributed by atoms with Gasteiger partial charge in [0.15, 0.2) is 5.43 Å².